The first kappa shape index (κ1) is 8.76. The molecule has 1 aromatic carbocycles. The van der Waals surface area contributed by atoms with Crippen LogP contribution in [0.3, 0.4) is 0 Å². The van der Waals surface area contributed by atoms with Crippen LogP contribution in [-0.2, 0) is 6.42 Å². The van der Waals surface area contributed by atoms with Crippen molar-refractivity contribution in [3.63, 3.8) is 0 Å². The maximum atomic E-state index is 2.44. The molecule has 1 heterocycles. The second-order valence-electron chi connectivity index (χ2n) is 3.96. The molecule has 1 nitrogen and oxygen atoms in total. The minimum absolute atomic E-state index is 0.582. The Kier molecular flexibility index (Phi) is 2.36. The number of nitrogens with zero attached hydrogens (tertiary/aromatic N) is 1. The first-order valence-corrected chi connectivity index (χ1v) is 5.07. The summed E-state index contributed by atoms with van der Waals surface area (Å²) in [4.78, 5) is 2.44. The van der Waals surface area contributed by atoms with E-state index in [0.717, 1.165) is 0 Å². The number of hydrogen-bond donors (Lipinski definition) is 0. The van der Waals surface area contributed by atoms with Crippen molar-refractivity contribution in [2.75, 3.05) is 13.6 Å². The third-order valence-electron chi connectivity index (χ3n) is 3.12. The van der Waals surface area contributed by atoms with Gasteiger partial charge in [0.1, 0.15) is 0 Å². The topological polar surface area (TPSA) is 3.24 Å². The second kappa shape index (κ2) is 3.51. The number of hydrogen-bond acceptors (Lipinski definition) is 1. The van der Waals surface area contributed by atoms with E-state index >= 15 is 0 Å². The predicted octanol–water partition coefficient (Wildman–Crippen LogP) is 2.63. The van der Waals surface area contributed by atoms with Crippen LogP contribution in [0.5, 0.6) is 0 Å². The van der Waals surface area contributed by atoms with Crippen LogP contribution in [0.4, 0.5) is 0 Å². The maximum absolute atomic E-state index is 2.44. The first-order chi connectivity index (χ1) is 6.29. The molecule has 1 aromatic rings. The minimum Gasteiger partial charge on any atom is -0.300 e. The molecular weight excluding hydrogens is 158 g/mol. The Labute approximate surface area is 80.4 Å². The molecule has 0 amide bonds. The van der Waals surface area contributed by atoms with Gasteiger partial charge < -0.3 is 0 Å². The molecule has 0 saturated carbocycles. The molecule has 1 atom stereocenters. The predicted molar refractivity (Wildman–Crippen MR) is 55.8 cm³/mol. The van der Waals surface area contributed by atoms with Crippen molar-refractivity contribution >= 4 is 0 Å². The Morgan fingerprint density at radius 2 is 2.08 bits per heavy atom. The SMILES string of the molecule is CC1c2ccccc2CCCN1C. The largest absolute Gasteiger partial charge is 0.300 e. The molecule has 0 fully saturated rings. The summed E-state index contributed by atoms with van der Waals surface area (Å²) in [6, 6.07) is 9.41. The fraction of sp³-hybridized carbons (Fsp3) is 0.500. The summed E-state index contributed by atoms with van der Waals surface area (Å²) in [7, 11) is 2.22. The van der Waals surface area contributed by atoms with Crippen molar-refractivity contribution in [1.82, 2.24) is 4.90 Å². The standard InChI is InChI=1S/C12H17N/c1-10-12-8-4-3-6-11(12)7-5-9-13(10)2/h3-4,6,8,10H,5,7,9H2,1-2H3. The Hall–Kier alpha value is -0.820. The smallest absolute Gasteiger partial charge is 0.0319 e. The van der Waals surface area contributed by atoms with Gasteiger partial charge in [-0.1, -0.05) is 24.3 Å². The van der Waals surface area contributed by atoms with Crippen LogP contribution in [-0.4, -0.2) is 18.5 Å². The summed E-state index contributed by atoms with van der Waals surface area (Å²) in [5.41, 5.74) is 3.06. The van der Waals surface area contributed by atoms with Crippen LogP contribution in [0.1, 0.15) is 30.5 Å². The van der Waals surface area contributed by atoms with Gasteiger partial charge in [-0.15, -0.1) is 0 Å². The van der Waals surface area contributed by atoms with Crippen molar-refractivity contribution in [2.24, 2.45) is 0 Å². The van der Waals surface area contributed by atoms with E-state index in [4.69, 9.17) is 0 Å². The number of benzene rings is 1. The van der Waals surface area contributed by atoms with Crippen molar-refractivity contribution in [1.29, 1.82) is 0 Å². The number of rotatable bonds is 0. The summed E-state index contributed by atoms with van der Waals surface area (Å²) in [6.45, 7) is 3.51. The summed E-state index contributed by atoms with van der Waals surface area (Å²) in [5, 5.41) is 0. The zero-order valence-corrected chi connectivity index (χ0v) is 8.46. The highest BCUT2D eigenvalue weighted by Gasteiger charge is 2.17. The third kappa shape index (κ3) is 1.61. The van der Waals surface area contributed by atoms with E-state index in [0.29, 0.717) is 6.04 Å². The molecule has 0 spiro atoms. The highest BCUT2D eigenvalue weighted by atomic mass is 15.1. The van der Waals surface area contributed by atoms with E-state index in [1.807, 2.05) is 0 Å². The van der Waals surface area contributed by atoms with Gasteiger partial charge in [0.2, 0.25) is 0 Å². The molecule has 70 valence electrons. The lowest BCUT2D eigenvalue weighted by Gasteiger charge is -2.22. The van der Waals surface area contributed by atoms with Gasteiger partial charge in [0.15, 0.2) is 0 Å². The summed E-state index contributed by atoms with van der Waals surface area (Å²) in [5.74, 6) is 0. The maximum Gasteiger partial charge on any atom is 0.0319 e. The molecule has 0 saturated heterocycles. The lowest BCUT2D eigenvalue weighted by atomic mass is 10.00. The Morgan fingerprint density at radius 1 is 1.31 bits per heavy atom. The molecule has 1 aliphatic heterocycles. The fourth-order valence-corrected chi connectivity index (χ4v) is 2.12. The van der Waals surface area contributed by atoms with E-state index in [1.54, 1.807) is 5.56 Å². The van der Waals surface area contributed by atoms with Crippen LogP contribution >= 0.6 is 0 Å². The third-order valence-corrected chi connectivity index (χ3v) is 3.12. The highest BCUT2D eigenvalue weighted by Crippen LogP contribution is 2.26. The molecule has 1 unspecified atom stereocenters. The van der Waals surface area contributed by atoms with Gasteiger partial charge in [0.05, 0.1) is 0 Å². The average molecular weight is 175 g/mol. The summed E-state index contributed by atoms with van der Waals surface area (Å²) < 4.78 is 0. The molecule has 1 aliphatic rings. The highest BCUT2D eigenvalue weighted by molar-refractivity contribution is 5.30. The van der Waals surface area contributed by atoms with Crippen LogP contribution in [0, 0.1) is 0 Å². The zero-order chi connectivity index (χ0) is 9.26. The lowest BCUT2D eigenvalue weighted by Crippen LogP contribution is -2.21. The fourth-order valence-electron chi connectivity index (χ4n) is 2.12. The summed E-state index contributed by atoms with van der Waals surface area (Å²) >= 11 is 0. The van der Waals surface area contributed by atoms with Crippen molar-refractivity contribution in [3.8, 4) is 0 Å². The molecule has 0 N–H and O–H groups in total. The monoisotopic (exact) mass is 175 g/mol. The number of fused-ring (bicyclic) bond motifs is 1. The van der Waals surface area contributed by atoms with Gasteiger partial charge in [-0.3, -0.25) is 4.90 Å². The Bertz CT molecular complexity index is 293. The van der Waals surface area contributed by atoms with Crippen molar-refractivity contribution in [3.05, 3.63) is 35.4 Å². The van der Waals surface area contributed by atoms with E-state index in [2.05, 4.69) is 43.1 Å². The molecule has 0 aliphatic carbocycles. The normalized spacial score (nSPS) is 23.7. The lowest BCUT2D eigenvalue weighted by molar-refractivity contribution is 0.267. The molecule has 0 aromatic heterocycles. The molecular formula is C12H17N. The van der Waals surface area contributed by atoms with Gasteiger partial charge in [0.25, 0.3) is 0 Å². The van der Waals surface area contributed by atoms with Crippen molar-refractivity contribution < 1.29 is 0 Å². The van der Waals surface area contributed by atoms with Crippen LogP contribution in [0.2, 0.25) is 0 Å². The first-order valence-electron chi connectivity index (χ1n) is 5.07. The Balaban J connectivity index is 2.40. The van der Waals surface area contributed by atoms with Gasteiger partial charge in [-0.05, 0) is 44.5 Å². The number of aryl methyl sites for hydroxylation is 1. The molecule has 13 heavy (non-hydrogen) atoms. The minimum atomic E-state index is 0.582. The Morgan fingerprint density at radius 3 is 2.92 bits per heavy atom. The van der Waals surface area contributed by atoms with E-state index in [-0.39, 0.29) is 0 Å². The van der Waals surface area contributed by atoms with Crippen LogP contribution in [0.15, 0.2) is 24.3 Å². The van der Waals surface area contributed by atoms with Crippen LogP contribution in [0.25, 0.3) is 0 Å². The van der Waals surface area contributed by atoms with E-state index in [1.165, 1.54) is 24.9 Å². The molecule has 1 heteroatoms. The molecule has 0 radical (unpaired) electrons. The quantitative estimate of drug-likeness (QED) is 0.586. The van der Waals surface area contributed by atoms with Gasteiger partial charge in [-0.2, -0.15) is 0 Å². The molecule has 2 rings (SSSR count). The summed E-state index contributed by atoms with van der Waals surface area (Å²) in [6.07, 6.45) is 2.53. The zero-order valence-electron chi connectivity index (χ0n) is 8.46. The van der Waals surface area contributed by atoms with Crippen LogP contribution < -0.4 is 0 Å². The van der Waals surface area contributed by atoms with Crippen molar-refractivity contribution in [2.45, 2.75) is 25.8 Å². The van der Waals surface area contributed by atoms with Gasteiger partial charge in [-0.25, -0.2) is 0 Å². The van der Waals surface area contributed by atoms with E-state index in [9.17, 15) is 0 Å². The van der Waals surface area contributed by atoms with E-state index < -0.39 is 0 Å². The second-order valence-corrected chi connectivity index (χ2v) is 3.96. The van der Waals surface area contributed by atoms with Gasteiger partial charge in [0, 0.05) is 6.04 Å². The average Bonchev–Trinajstić information content (AvgIpc) is 2.29. The molecule has 0 bridgehead atoms. The van der Waals surface area contributed by atoms with Gasteiger partial charge >= 0.3 is 0 Å².